The highest BCUT2D eigenvalue weighted by molar-refractivity contribution is 6.39. The van der Waals surface area contributed by atoms with Crippen LogP contribution in [0.3, 0.4) is 0 Å². The molecule has 0 aliphatic carbocycles. The number of methoxy groups -OCH3 is 1. The first-order valence-electron chi connectivity index (χ1n) is 14.1. The summed E-state index contributed by atoms with van der Waals surface area (Å²) in [5.41, 5.74) is 5.18. The number of rotatable bonds is 11. The topological polar surface area (TPSA) is 89.3 Å². The molecule has 43 heavy (non-hydrogen) atoms. The van der Waals surface area contributed by atoms with Gasteiger partial charge in [-0.1, -0.05) is 41.4 Å². The fourth-order valence-electron chi connectivity index (χ4n) is 5.41. The molecule has 0 saturated heterocycles. The molecule has 11 heteroatoms. The second-order valence-corrected chi connectivity index (χ2v) is 11.1. The van der Waals surface area contributed by atoms with E-state index in [4.69, 9.17) is 27.9 Å². The predicted octanol–water partition coefficient (Wildman–Crippen LogP) is 7.03. The molecular weight excluding hydrogens is 592 g/mol. The number of halogens is 3. The van der Waals surface area contributed by atoms with Crippen LogP contribution in [0.2, 0.25) is 10.0 Å². The zero-order chi connectivity index (χ0) is 30.5. The molecule has 0 saturated carbocycles. The van der Waals surface area contributed by atoms with Crippen molar-refractivity contribution < 1.29 is 18.7 Å². The fourth-order valence-corrected chi connectivity index (χ4v) is 6.00. The zero-order valence-corrected chi connectivity index (χ0v) is 25.5. The number of aldehydes is 1. The van der Waals surface area contributed by atoms with E-state index < -0.39 is 0 Å². The number of carbonyl (C=O) groups excluding carboxylic acids is 2. The number of nitrogens with one attached hydrogen (secondary N) is 1. The number of imidazole rings is 1. The van der Waals surface area contributed by atoms with Crippen molar-refractivity contribution in [2.24, 2.45) is 7.05 Å². The lowest BCUT2D eigenvalue weighted by molar-refractivity contribution is 0.101. The van der Waals surface area contributed by atoms with Gasteiger partial charge in [0.1, 0.15) is 5.75 Å². The van der Waals surface area contributed by atoms with Gasteiger partial charge in [0.2, 0.25) is 0 Å². The largest absolute Gasteiger partial charge is 0.496 e. The molecular formula is C32H32Cl2FN5O3. The summed E-state index contributed by atoms with van der Waals surface area (Å²) in [5.74, 6) is 0.354. The minimum atomic E-state index is -0.366. The van der Waals surface area contributed by atoms with Crippen molar-refractivity contribution in [1.82, 2.24) is 19.4 Å². The molecule has 4 aromatic rings. The summed E-state index contributed by atoms with van der Waals surface area (Å²) in [6, 6.07) is 12.2. The number of hydrogen-bond acceptors (Lipinski definition) is 6. The van der Waals surface area contributed by atoms with Gasteiger partial charge in [0, 0.05) is 55.1 Å². The summed E-state index contributed by atoms with van der Waals surface area (Å²) >= 11 is 13.7. The van der Waals surface area contributed by atoms with Gasteiger partial charge in [0.25, 0.3) is 5.91 Å². The minimum absolute atomic E-state index is 0.278. The molecule has 1 aliphatic heterocycles. The van der Waals surface area contributed by atoms with E-state index in [9.17, 15) is 14.0 Å². The van der Waals surface area contributed by atoms with E-state index in [1.165, 1.54) is 7.11 Å². The van der Waals surface area contributed by atoms with Gasteiger partial charge in [-0.15, -0.1) is 0 Å². The number of benzene rings is 2. The molecule has 2 aromatic heterocycles. The number of fused-ring (bicyclic) bond motifs is 1. The van der Waals surface area contributed by atoms with E-state index in [0.29, 0.717) is 68.2 Å². The Hall–Kier alpha value is -3.79. The first-order chi connectivity index (χ1) is 20.9. The Morgan fingerprint density at radius 3 is 2.70 bits per heavy atom. The highest BCUT2D eigenvalue weighted by Gasteiger charge is 2.26. The Balaban J connectivity index is 1.37. The summed E-state index contributed by atoms with van der Waals surface area (Å²) in [6.07, 6.45) is 5.54. The lowest BCUT2D eigenvalue weighted by Gasteiger charge is -2.26. The monoisotopic (exact) mass is 623 g/mol. The van der Waals surface area contributed by atoms with Crippen molar-refractivity contribution in [1.29, 1.82) is 0 Å². The van der Waals surface area contributed by atoms with Crippen molar-refractivity contribution in [3.05, 3.63) is 81.5 Å². The number of ether oxygens (including phenoxy) is 1. The maximum atomic E-state index is 13.4. The summed E-state index contributed by atoms with van der Waals surface area (Å²) in [6.45, 7) is 2.14. The molecule has 0 unspecified atom stereocenters. The molecule has 0 fully saturated rings. The molecule has 8 nitrogen and oxygen atoms in total. The van der Waals surface area contributed by atoms with Crippen LogP contribution in [0.15, 0.2) is 48.7 Å². The Labute approximate surface area is 259 Å². The van der Waals surface area contributed by atoms with Crippen LogP contribution in [0.4, 0.5) is 10.1 Å². The third kappa shape index (κ3) is 6.44. The number of aromatic nitrogens is 3. The Morgan fingerprint density at radius 1 is 1.12 bits per heavy atom. The number of hydrogen-bond donors (Lipinski definition) is 1. The van der Waals surface area contributed by atoms with Crippen LogP contribution in [0.1, 0.15) is 51.6 Å². The van der Waals surface area contributed by atoms with Gasteiger partial charge in [-0.2, -0.15) is 0 Å². The summed E-state index contributed by atoms with van der Waals surface area (Å²) < 4.78 is 19.6. The minimum Gasteiger partial charge on any atom is -0.496 e. The van der Waals surface area contributed by atoms with Crippen LogP contribution in [0, 0.1) is 0 Å². The van der Waals surface area contributed by atoms with E-state index in [0.717, 1.165) is 50.0 Å². The lowest BCUT2D eigenvalue weighted by Crippen LogP contribution is -2.32. The molecule has 1 amide bonds. The van der Waals surface area contributed by atoms with E-state index in [2.05, 4.69) is 20.2 Å². The summed E-state index contributed by atoms with van der Waals surface area (Å²) in [4.78, 5) is 36.2. The van der Waals surface area contributed by atoms with Gasteiger partial charge in [-0.05, 0) is 50.1 Å². The van der Waals surface area contributed by atoms with E-state index in [-0.39, 0.29) is 12.6 Å². The molecule has 2 aromatic carbocycles. The van der Waals surface area contributed by atoms with E-state index in [1.807, 2.05) is 17.7 Å². The zero-order valence-electron chi connectivity index (χ0n) is 24.0. The van der Waals surface area contributed by atoms with Gasteiger partial charge < -0.3 is 14.6 Å². The average molecular weight is 625 g/mol. The Bertz CT molecular complexity index is 1660. The number of alkyl halides is 1. The van der Waals surface area contributed by atoms with Crippen LogP contribution in [-0.4, -0.2) is 58.5 Å². The van der Waals surface area contributed by atoms with Crippen LogP contribution in [-0.2, 0) is 20.0 Å². The van der Waals surface area contributed by atoms with E-state index in [1.54, 1.807) is 42.6 Å². The molecule has 0 radical (unpaired) electrons. The third-order valence-corrected chi connectivity index (χ3v) is 8.50. The highest BCUT2D eigenvalue weighted by Crippen LogP contribution is 2.41. The van der Waals surface area contributed by atoms with Crippen molar-refractivity contribution in [3.8, 4) is 28.1 Å². The fraction of sp³-hybridized carbons (Fsp3) is 0.312. The van der Waals surface area contributed by atoms with Gasteiger partial charge >= 0.3 is 0 Å². The Kier molecular flexibility index (Phi) is 9.75. The van der Waals surface area contributed by atoms with Crippen LogP contribution in [0.5, 0.6) is 5.75 Å². The normalized spacial score (nSPS) is 13.0. The number of nitrogens with zero attached hydrogens (tertiary/aromatic N) is 4. The van der Waals surface area contributed by atoms with Crippen LogP contribution < -0.4 is 10.1 Å². The van der Waals surface area contributed by atoms with Gasteiger partial charge in [0.15, 0.2) is 12.1 Å². The number of pyridine rings is 1. The standard InChI is InChI=1S/C32H32Cl2FN5O3/c1-39-26-12-16-40(15-5-3-4-13-35)18-25(26)37-31(39)32(42)38-24-8-6-7-22(28(24)33)23-11-14-36-30(29(23)34)20-9-10-21(19-41)27(17-20)43-2/h6-11,14,17,19H,3-5,12-13,15-16,18H2,1-2H3,(H,38,42). The SMILES string of the molecule is COc1cc(-c2nccc(-c3cccc(NC(=O)c4nc5c(n4C)CCN(CCCCCF)C5)c3Cl)c2Cl)ccc1C=O. The Morgan fingerprint density at radius 2 is 1.93 bits per heavy atom. The number of unbranched alkanes of at least 4 members (excludes halogenated alkanes) is 2. The van der Waals surface area contributed by atoms with Crippen molar-refractivity contribution in [2.45, 2.75) is 32.2 Å². The van der Waals surface area contributed by atoms with Gasteiger partial charge in [-0.3, -0.25) is 23.9 Å². The highest BCUT2D eigenvalue weighted by atomic mass is 35.5. The van der Waals surface area contributed by atoms with E-state index >= 15 is 0 Å². The van der Waals surface area contributed by atoms with Crippen LogP contribution in [0.25, 0.3) is 22.4 Å². The molecule has 3 heterocycles. The first-order valence-corrected chi connectivity index (χ1v) is 14.8. The number of anilines is 1. The third-order valence-electron chi connectivity index (χ3n) is 7.71. The molecule has 0 spiro atoms. The maximum absolute atomic E-state index is 13.4. The number of amides is 1. The van der Waals surface area contributed by atoms with Crippen molar-refractivity contribution in [2.75, 3.05) is 32.2 Å². The second kappa shape index (κ2) is 13.7. The second-order valence-electron chi connectivity index (χ2n) is 10.4. The average Bonchev–Trinajstić information content (AvgIpc) is 3.35. The molecule has 1 aliphatic rings. The maximum Gasteiger partial charge on any atom is 0.291 e. The molecule has 5 rings (SSSR count). The van der Waals surface area contributed by atoms with Crippen LogP contribution >= 0.6 is 23.2 Å². The quantitative estimate of drug-likeness (QED) is 0.142. The molecule has 1 N–H and O–H groups in total. The molecule has 224 valence electrons. The molecule has 0 atom stereocenters. The number of carbonyl (C=O) groups is 2. The lowest BCUT2D eigenvalue weighted by atomic mass is 10.0. The predicted molar refractivity (Wildman–Crippen MR) is 167 cm³/mol. The summed E-state index contributed by atoms with van der Waals surface area (Å²) in [7, 11) is 3.34. The van der Waals surface area contributed by atoms with Gasteiger partial charge in [-0.25, -0.2) is 4.98 Å². The molecule has 0 bridgehead atoms. The smallest absolute Gasteiger partial charge is 0.291 e. The first kappa shape index (κ1) is 30.7. The van der Waals surface area contributed by atoms with Crippen molar-refractivity contribution in [3.63, 3.8) is 0 Å². The van der Waals surface area contributed by atoms with Gasteiger partial charge in [0.05, 0.1) is 46.5 Å². The summed E-state index contributed by atoms with van der Waals surface area (Å²) in [5, 5.41) is 3.61. The van der Waals surface area contributed by atoms with Crippen molar-refractivity contribution >= 4 is 41.1 Å².